The molecule has 0 saturated heterocycles. The lowest BCUT2D eigenvalue weighted by Crippen LogP contribution is -2.48. The first-order chi connectivity index (χ1) is 8.11. The van der Waals surface area contributed by atoms with Gasteiger partial charge in [-0.2, -0.15) is 0 Å². The first kappa shape index (κ1) is 14.3. The highest BCUT2D eigenvalue weighted by atomic mass is 35.5. The van der Waals surface area contributed by atoms with E-state index in [1.54, 1.807) is 0 Å². The molecule has 0 aromatic carbocycles. The van der Waals surface area contributed by atoms with Gasteiger partial charge in [-0.25, -0.2) is 8.78 Å². The molecule has 6 atom stereocenters. The van der Waals surface area contributed by atoms with E-state index in [1.807, 2.05) is 0 Å². The fourth-order valence-corrected chi connectivity index (χ4v) is 6.31. The minimum atomic E-state index is -3.45. The van der Waals surface area contributed by atoms with Crippen molar-refractivity contribution >= 4 is 69.6 Å². The molecule has 0 aliphatic heterocycles. The summed E-state index contributed by atoms with van der Waals surface area (Å²) in [4.78, 5) is -4.23. The Bertz CT molecular complexity index is 465. The molecule has 18 heavy (non-hydrogen) atoms. The normalized spacial score (nSPS) is 57.3. The molecule has 8 heteroatoms. The van der Waals surface area contributed by atoms with Gasteiger partial charge in [0.1, 0.15) is 4.87 Å². The Hall–Kier alpha value is 1.34. The maximum absolute atomic E-state index is 14.5. The molecular formula is C10H6Cl6F2. The summed E-state index contributed by atoms with van der Waals surface area (Å²) >= 11 is 36.2. The Morgan fingerprint density at radius 2 is 1.50 bits per heavy atom. The molecular weight excluding hydrogens is 371 g/mol. The van der Waals surface area contributed by atoms with Crippen LogP contribution in [0.4, 0.5) is 8.78 Å². The monoisotopic (exact) mass is 374 g/mol. The summed E-state index contributed by atoms with van der Waals surface area (Å²) in [5.41, 5.74) is 0. The summed E-state index contributed by atoms with van der Waals surface area (Å²) in [6.07, 6.45) is 0.244. The SMILES string of the molecule is FC1(F)C2(Cl)C(Cl)=C(Cl)C1(Cl)C1C(Cl)C(Cl)CC12. The average Bonchev–Trinajstić information content (AvgIpc) is 2.69. The minimum absolute atomic E-state index is 0.244. The summed E-state index contributed by atoms with van der Waals surface area (Å²) in [6.45, 7) is 0. The van der Waals surface area contributed by atoms with E-state index in [-0.39, 0.29) is 16.5 Å². The number of halogens is 8. The Balaban J connectivity index is 2.26. The van der Waals surface area contributed by atoms with Crippen LogP contribution >= 0.6 is 69.6 Å². The first-order valence-electron chi connectivity index (χ1n) is 5.21. The predicted molar refractivity (Wildman–Crippen MR) is 71.7 cm³/mol. The quantitative estimate of drug-likeness (QED) is 0.513. The van der Waals surface area contributed by atoms with E-state index >= 15 is 0 Å². The Labute approximate surface area is 132 Å². The number of hydrogen-bond donors (Lipinski definition) is 0. The Morgan fingerprint density at radius 3 is 2.06 bits per heavy atom. The molecule has 2 fully saturated rings. The highest BCUT2D eigenvalue weighted by molar-refractivity contribution is 6.52. The van der Waals surface area contributed by atoms with Crippen molar-refractivity contribution in [3.05, 3.63) is 10.1 Å². The van der Waals surface area contributed by atoms with Crippen LogP contribution in [0.25, 0.3) is 0 Å². The zero-order chi connectivity index (χ0) is 13.7. The van der Waals surface area contributed by atoms with Crippen LogP contribution in [-0.4, -0.2) is 26.4 Å². The van der Waals surface area contributed by atoms with Crippen LogP contribution in [0.2, 0.25) is 0 Å². The second-order valence-corrected chi connectivity index (χ2v) is 7.97. The minimum Gasteiger partial charge on any atom is -0.202 e. The lowest BCUT2D eigenvalue weighted by atomic mass is 9.84. The van der Waals surface area contributed by atoms with Gasteiger partial charge < -0.3 is 0 Å². The van der Waals surface area contributed by atoms with Gasteiger partial charge in [-0.15, -0.1) is 46.4 Å². The molecule has 0 nitrogen and oxygen atoms in total. The third-order valence-corrected chi connectivity index (χ3v) is 8.12. The van der Waals surface area contributed by atoms with Crippen molar-refractivity contribution in [2.75, 3.05) is 0 Å². The standard InChI is InChI=1S/C10H6Cl6F2/c11-3-1-2-4(5(3)12)9(16)7(14)6(13)8(2,15)10(9,17)18/h2-5H,1H2. The van der Waals surface area contributed by atoms with Gasteiger partial charge in [0, 0.05) is 5.92 Å². The van der Waals surface area contributed by atoms with E-state index in [0.29, 0.717) is 0 Å². The second-order valence-electron chi connectivity index (χ2n) is 4.95. The van der Waals surface area contributed by atoms with E-state index in [0.717, 1.165) is 0 Å². The number of hydrogen-bond acceptors (Lipinski definition) is 0. The van der Waals surface area contributed by atoms with Crippen LogP contribution < -0.4 is 0 Å². The van der Waals surface area contributed by atoms with Crippen molar-refractivity contribution < 1.29 is 8.78 Å². The van der Waals surface area contributed by atoms with Crippen molar-refractivity contribution in [2.24, 2.45) is 11.8 Å². The van der Waals surface area contributed by atoms with Crippen LogP contribution in [-0.2, 0) is 0 Å². The third-order valence-electron chi connectivity index (χ3n) is 4.32. The summed E-state index contributed by atoms with van der Waals surface area (Å²) in [7, 11) is 0. The lowest BCUT2D eigenvalue weighted by Gasteiger charge is -2.32. The fourth-order valence-electron chi connectivity index (χ4n) is 3.48. The molecule has 102 valence electrons. The van der Waals surface area contributed by atoms with Gasteiger partial charge >= 0.3 is 0 Å². The van der Waals surface area contributed by atoms with E-state index in [9.17, 15) is 8.78 Å². The van der Waals surface area contributed by atoms with Gasteiger partial charge in [-0.05, 0) is 12.3 Å². The summed E-state index contributed by atoms with van der Waals surface area (Å²) in [5, 5.41) is -1.76. The maximum Gasteiger partial charge on any atom is 0.296 e. The third kappa shape index (κ3) is 1.15. The van der Waals surface area contributed by atoms with Gasteiger partial charge in [0.15, 0.2) is 4.87 Å². The molecule has 6 unspecified atom stereocenters. The first-order valence-corrected chi connectivity index (χ1v) is 7.60. The molecule has 0 amide bonds. The fraction of sp³-hybridized carbons (Fsp3) is 0.800. The van der Waals surface area contributed by atoms with Gasteiger partial charge in [-0.3, -0.25) is 0 Å². The number of fused-ring (bicyclic) bond motifs is 5. The van der Waals surface area contributed by atoms with Crippen molar-refractivity contribution in [1.82, 2.24) is 0 Å². The van der Waals surface area contributed by atoms with Crippen molar-refractivity contribution in [1.29, 1.82) is 0 Å². The highest BCUT2D eigenvalue weighted by Gasteiger charge is 2.87. The molecule has 0 aromatic heterocycles. The predicted octanol–water partition coefficient (Wildman–Crippen LogP) is 5.14. The zero-order valence-electron chi connectivity index (χ0n) is 8.54. The van der Waals surface area contributed by atoms with E-state index < -0.39 is 38.3 Å². The van der Waals surface area contributed by atoms with Crippen molar-refractivity contribution in [2.45, 2.75) is 32.8 Å². The van der Waals surface area contributed by atoms with Crippen LogP contribution in [0.5, 0.6) is 0 Å². The van der Waals surface area contributed by atoms with E-state index in [2.05, 4.69) is 0 Å². The smallest absolute Gasteiger partial charge is 0.202 e. The van der Waals surface area contributed by atoms with Crippen LogP contribution in [0.1, 0.15) is 6.42 Å². The molecule has 0 heterocycles. The largest absolute Gasteiger partial charge is 0.296 e. The van der Waals surface area contributed by atoms with Gasteiger partial charge in [0.25, 0.3) is 5.92 Å². The van der Waals surface area contributed by atoms with Crippen LogP contribution in [0, 0.1) is 11.8 Å². The lowest BCUT2D eigenvalue weighted by molar-refractivity contribution is -0.0272. The maximum atomic E-state index is 14.5. The van der Waals surface area contributed by atoms with Crippen molar-refractivity contribution in [3.63, 3.8) is 0 Å². The number of alkyl halides is 6. The molecule has 3 aliphatic carbocycles. The topological polar surface area (TPSA) is 0 Å². The Morgan fingerprint density at radius 1 is 1.00 bits per heavy atom. The zero-order valence-corrected chi connectivity index (χ0v) is 13.1. The highest BCUT2D eigenvalue weighted by Crippen LogP contribution is 2.78. The second kappa shape index (κ2) is 3.75. The number of allylic oxidation sites excluding steroid dienone is 2. The summed E-state index contributed by atoms with van der Waals surface area (Å²) < 4.78 is 29.0. The number of rotatable bonds is 0. The molecule has 0 radical (unpaired) electrons. The summed E-state index contributed by atoms with van der Waals surface area (Å²) in [6, 6.07) is 0. The summed E-state index contributed by atoms with van der Waals surface area (Å²) in [5.74, 6) is -4.91. The van der Waals surface area contributed by atoms with Crippen LogP contribution in [0.3, 0.4) is 0 Å². The Kier molecular flexibility index (Phi) is 2.98. The average molecular weight is 377 g/mol. The molecule has 2 bridgehead atoms. The molecule has 0 N–H and O–H groups in total. The molecule has 0 aromatic rings. The van der Waals surface area contributed by atoms with E-state index in [4.69, 9.17) is 69.6 Å². The van der Waals surface area contributed by atoms with Gasteiger partial charge in [-0.1, -0.05) is 23.2 Å². The van der Waals surface area contributed by atoms with Crippen LogP contribution in [0.15, 0.2) is 10.1 Å². The molecule has 3 aliphatic rings. The molecule has 2 saturated carbocycles. The molecule has 0 spiro atoms. The van der Waals surface area contributed by atoms with Gasteiger partial charge in [0.2, 0.25) is 0 Å². The van der Waals surface area contributed by atoms with Gasteiger partial charge in [0.05, 0.1) is 20.8 Å². The van der Waals surface area contributed by atoms with E-state index in [1.165, 1.54) is 0 Å². The van der Waals surface area contributed by atoms with Crippen molar-refractivity contribution in [3.8, 4) is 0 Å². The molecule has 3 rings (SSSR count).